The van der Waals surface area contributed by atoms with Gasteiger partial charge in [0.05, 0.1) is 24.9 Å². The number of carbonyl (C=O) groups is 1. The molecule has 16 heavy (non-hydrogen) atoms. The summed E-state index contributed by atoms with van der Waals surface area (Å²) in [6, 6.07) is 9.00. The van der Waals surface area contributed by atoms with E-state index in [9.17, 15) is 4.79 Å². The van der Waals surface area contributed by atoms with Gasteiger partial charge in [0, 0.05) is 0 Å². The summed E-state index contributed by atoms with van der Waals surface area (Å²) in [6.45, 7) is 1.23. The first-order valence-electron chi connectivity index (χ1n) is 5.37. The van der Waals surface area contributed by atoms with Gasteiger partial charge in [-0.1, -0.05) is 30.4 Å². The Bertz CT molecular complexity index is 366. The van der Waals surface area contributed by atoms with E-state index in [2.05, 4.69) is 0 Å². The molecular weight excluding hydrogens is 204 g/mol. The van der Waals surface area contributed by atoms with Crippen LogP contribution in [0, 0.1) is 0 Å². The molecule has 0 bridgehead atoms. The second kappa shape index (κ2) is 5.47. The molecule has 1 atom stereocenters. The Morgan fingerprint density at radius 1 is 1.44 bits per heavy atom. The summed E-state index contributed by atoms with van der Waals surface area (Å²) >= 11 is 0. The maximum absolute atomic E-state index is 11.5. The highest BCUT2D eigenvalue weighted by Gasteiger charge is 2.17. The Morgan fingerprint density at radius 3 is 2.88 bits per heavy atom. The van der Waals surface area contributed by atoms with E-state index in [4.69, 9.17) is 9.47 Å². The highest BCUT2D eigenvalue weighted by molar-refractivity contribution is 5.89. The molecule has 1 aromatic rings. The predicted octanol–water partition coefficient (Wildman–Crippen LogP) is 2.19. The fraction of sp³-hybridized carbons (Fsp3) is 0.308. The lowest BCUT2D eigenvalue weighted by Gasteiger charge is -2.02. The highest BCUT2D eigenvalue weighted by atomic mass is 16.6. The third-order valence-electron chi connectivity index (χ3n) is 2.24. The molecule has 1 aromatic carbocycles. The summed E-state index contributed by atoms with van der Waals surface area (Å²) < 4.78 is 10.1. The number of rotatable bonds is 5. The van der Waals surface area contributed by atoms with E-state index in [1.165, 1.54) is 0 Å². The predicted molar refractivity (Wildman–Crippen MR) is 60.2 cm³/mol. The monoisotopic (exact) mass is 218 g/mol. The van der Waals surface area contributed by atoms with Gasteiger partial charge >= 0.3 is 5.97 Å². The Hall–Kier alpha value is -1.61. The van der Waals surface area contributed by atoms with Crippen molar-refractivity contribution in [3.05, 3.63) is 48.0 Å². The van der Waals surface area contributed by atoms with Crippen LogP contribution in [0.3, 0.4) is 0 Å². The normalized spacial score (nSPS) is 18.6. The van der Waals surface area contributed by atoms with Crippen LogP contribution < -0.4 is 0 Å². The van der Waals surface area contributed by atoms with Gasteiger partial charge < -0.3 is 9.47 Å². The van der Waals surface area contributed by atoms with Crippen molar-refractivity contribution in [3.8, 4) is 0 Å². The smallest absolute Gasteiger partial charge is 0.338 e. The van der Waals surface area contributed by atoms with Gasteiger partial charge in [-0.25, -0.2) is 4.79 Å². The summed E-state index contributed by atoms with van der Waals surface area (Å²) in [7, 11) is 0. The van der Waals surface area contributed by atoms with Gasteiger partial charge in [-0.2, -0.15) is 0 Å². The topological polar surface area (TPSA) is 38.8 Å². The van der Waals surface area contributed by atoms with Crippen LogP contribution in [0.25, 0.3) is 0 Å². The van der Waals surface area contributed by atoms with E-state index in [-0.39, 0.29) is 5.97 Å². The molecule has 0 N–H and O–H groups in total. The van der Waals surface area contributed by atoms with Crippen molar-refractivity contribution in [1.29, 1.82) is 0 Å². The molecule has 3 nitrogen and oxygen atoms in total. The molecule has 0 radical (unpaired) electrons. The number of epoxide rings is 1. The Morgan fingerprint density at radius 2 is 2.19 bits per heavy atom. The van der Waals surface area contributed by atoms with E-state index < -0.39 is 0 Å². The van der Waals surface area contributed by atoms with Crippen molar-refractivity contribution in [3.63, 3.8) is 0 Å². The second-order valence-electron chi connectivity index (χ2n) is 3.59. The molecule has 0 aliphatic carbocycles. The molecule has 3 heteroatoms. The zero-order chi connectivity index (χ0) is 11.2. The van der Waals surface area contributed by atoms with Crippen LogP contribution in [0.15, 0.2) is 42.5 Å². The number of hydrogen-bond acceptors (Lipinski definition) is 3. The summed E-state index contributed by atoms with van der Waals surface area (Å²) in [4.78, 5) is 11.5. The van der Waals surface area contributed by atoms with Crippen molar-refractivity contribution in [2.24, 2.45) is 0 Å². The van der Waals surface area contributed by atoms with Crippen LogP contribution in [0.5, 0.6) is 0 Å². The average molecular weight is 218 g/mol. The van der Waals surface area contributed by atoms with E-state index >= 15 is 0 Å². The first-order chi connectivity index (χ1) is 7.86. The number of benzene rings is 1. The van der Waals surface area contributed by atoms with Crippen LogP contribution in [0.1, 0.15) is 16.8 Å². The van der Waals surface area contributed by atoms with Gasteiger partial charge in [0.2, 0.25) is 0 Å². The Labute approximate surface area is 94.7 Å². The van der Waals surface area contributed by atoms with Gasteiger partial charge in [-0.05, 0) is 18.6 Å². The van der Waals surface area contributed by atoms with Crippen molar-refractivity contribution in [1.82, 2.24) is 0 Å². The molecule has 0 amide bonds. The number of carbonyl (C=O) groups excluding carboxylic acids is 1. The van der Waals surface area contributed by atoms with Crippen molar-refractivity contribution >= 4 is 5.97 Å². The highest BCUT2D eigenvalue weighted by Crippen LogP contribution is 2.10. The molecule has 84 valence electrons. The van der Waals surface area contributed by atoms with Crippen LogP contribution in [-0.2, 0) is 9.47 Å². The second-order valence-corrected chi connectivity index (χ2v) is 3.59. The van der Waals surface area contributed by atoms with Gasteiger partial charge in [0.25, 0.3) is 0 Å². The van der Waals surface area contributed by atoms with Crippen LogP contribution in [0.4, 0.5) is 0 Å². The maximum atomic E-state index is 11.5. The number of ether oxygens (including phenoxy) is 2. The molecule has 1 aliphatic heterocycles. The third-order valence-corrected chi connectivity index (χ3v) is 2.24. The molecule has 0 spiro atoms. The molecular formula is C13H14O3. The van der Waals surface area contributed by atoms with Crippen molar-refractivity contribution in [2.45, 2.75) is 12.5 Å². The van der Waals surface area contributed by atoms with E-state index in [1.54, 1.807) is 12.1 Å². The standard InChI is InChI=1S/C13H14O3/c14-13(11-6-2-1-3-7-11)15-9-5-4-8-12-10-16-12/h1-4,6-8,12H,5,9-10H2. The van der Waals surface area contributed by atoms with E-state index in [0.29, 0.717) is 18.3 Å². The first-order valence-corrected chi connectivity index (χ1v) is 5.37. The molecule has 1 aliphatic rings. The van der Waals surface area contributed by atoms with Crippen LogP contribution in [0.2, 0.25) is 0 Å². The van der Waals surface area contributed by atoms with Gasteiger partial charge in [0.15, 0.2) is 0 Å². The van der Waals surface area contributed by atoms with Crippen LogP contribution in [-0.4, -0.2) is 25.3 Å². The SMILES string of the molecule is O=C(OCCC=CC1CO1)c1ccccc1. The molecule has 0 aromatic heterocycles. The number of esters is 1. The third kappa shape index (κ3) is 3.51. The lowest BCUT2D eigenvalue weighted by Crippen LogP contribution is -2.05. The summed E-state index contributed by atoms with van der Waals surface area (Å²) in [6.07, 6.45) is 5.01. The zero-order valence-electron chi connectivity index (χ0n) is 8.96. The quantitative estimate of drug-likeness (QED) is 0.329. The molecule has 1 unspecified atom stereocenters. The summed E-state index contributed by atoms with van der Waals surface area (Å²) in [5.74, 6) is -0.267. The molecule has 0 saturated carbocycles. The fourth-order valence-corrected chi connectivity index (χ4v) is 1.29. The molecule has 1 saturated heterocycles. The largest absolute Gasteiger partial charge is 0.462 e. The van der Waals surface area contributed by atoms with Gasteiger partial charge in [-0.15, -0.1) is 0 Å². The van der Waals surface area contributed by atoms with Crippen molar-refractivity contribution in [2.75, 3.05) is 13.2 Å². The van der Waals surface area contributed by atoms with Crippen molar-refractivity contribution < 1.29 is 14.3 Å². The lowest BCUT2D eigenvalue weighted by atomic mass is 10.2. The minimum atomic E-state index is -0.267. The Balaban J connectivity index is 1.67. The van der Waals surface area contributed by atoms with E-state index in [0.717, 1.165) is 13.0 Å². The minimum Gasteiger partial charge on any atom is -0.462 e. The minimum absolute atomic E-state index is 0.267. The summed E-state index contributed by atoms with van der Waals surface area (Å²) in [5, 5.41) is 0. The fourth-order valence-electron chi connectivity index (χ4n) is 1.29. The first kappa shape index (κ1) is 10.9. The van der Waals surface area contributed by atoms with Crippen LogP contribution >= 0.6 is 0 Å². The molecule has 1 fully saturated rings. The molecule has 2 rings (SSSR count). The number of hydrogen-bond donors (Lipinski definition) is 0. The van der Waals surface area contributed by atoms with Gasteiger partial charge in [-0.3, -0.25) is 0 Å². The average Bonchev–Trinajstić information content (AvgIpc) is 3.13. The summed E-state index contributed by atoms with van der Waals surface area (Å²) in [5.41, 5.74) is 0.594. The zero-order valence-corrected chi connectivity index (χ0v) is 8.96. The maximum Gasteiger partial charge on any atom is 0.338 e. The van der Waals surface area contributed by atoms with Gasteiger partial charge in [0.1, 0.15) is 0 Å². The van der Waals surface area contributed by atoms with E-state index in [1.807, 2.05) is 30.4 Å². The molecule has 1 heterocycles. The Kier molecular flexibility index (Phi) is 3.72. The lowest BCUT2D eigenvalue weighted by molar-refractivity contribution is 0.0511.